The highest BCUT2D eigenvalue weighted by molar-refractivity contribution is 5.75. The summed E-state index contributed by atoms with van der Waals surface area (Å²) in [6.45, 7) is 0. The van der Waals surface area contributed by atoms with Crippen LogP contribution in [0.5, 0.6) is 0 Å². The van der Waals surface area contributed by atoms with Gasteiger partial charge in [-0.3, -0.25) is 0 Å². The minimum absolute atomic E-state index is 0.00974. The lowest BCUT2D eigenvalue weighted by atomic mass is 9.93. The van der Waals surface area contributed by atoms with Crippen LogP contribution in [0.15, 0.2) is 47.1 Å². The van der Waals surface area contributed by atoms with E-state index in [4.69, 9.17) is 4.42 Å². The Bertz CT molecular complexity index is 1090. The van der Waals surface area contributed by atoms with Crippen molar-refractivity contribution in [3.05, 3.63) is 54.0 Å². The van der Waals surface area contributed by atoms with Crippen LogP contribution in [-0.2, 0) is 6.42 Å². The summed E-state index contributed by atoms with van der Waals surface area (Å²) in [5, 5.41) is 17.8. The third-order valence-corrected chi connectivity index (χ3v) is 5.22. The van der Waals surface area contributed by atoms with E-state index in [0.717, 1.165) is 53.7 Å². The Morgan fingerprint density at radius 1 is 1.22 bits per heavy atom. The normalized spacial score (nSPS) is 20.3. The van der Waals surface area contributed by atoms with Gasteiger partial charge in [0.05, 0.1) is 24.0 Å². The van der Waals surface area contributed by atoms with Gasteiger partial charge in [0.2, 0.25) is 0 Å². The van der Waals surface area contributed by atoms with E-state index >= 15 is 0 Å². The second-order valence-electron chi connectivity index (χ2n) is 7.14. The van der Waals surface area contributed by atoms with Crippen LogP contribution in [0.3, 0.4) is 0 Å². The van der Waals surface area contributed by atoms with E-state index in [1.54, 1.807) is 6.20 Å². The Labute approximate surface area is 156 Å². The van der Waals surface area contributed by atoms with Gasteiger partial charge in [-0.25, -0.2) is 9.50 Å². The molecule has 1 saturated carbocycles. The van der Waals surface area contributed by atoms with Gasteiger partial charge in [-0.1, -0.05) is 18.9 Å². The SMILES string of the molecule is O[C@@H]1CCCCC1Nc1nc2ccc(Cc3cnc4cccnn34)cc2o1. The van der Waals surface area contributed by atoms with E-state index in [1.807, 2.05) is 41.0 Å². The van der Waals surface area contributed by atoms with Gasteiger partial charge in [-0.15, -0.1) is 0 Å². The molecule has 0 radical (unpaired) electrons. The average Bonchev–Trinajstić information content (AvgIpc) is 3.27. The van der Waals surface area contributed by atoms with E-state index in [9.17, 15) is 5.11 Å². The minimum Gasteiger partial charge on any atom is -0.424 e. The predicted molar refractivity (Wildman–Crippen MR) is 102 cm³/mol. The van der Waals surface area contributed by atoms with Crippen LogP contribution in [0, 0.1) is 0 Å². The maximum absolute atomic E-state index is 10.1. The van der Waals surface area contributed by atoms with Crippen molar-refractivity contribution in [2.45, 2.75) is 44.2 Å². The van der Waals surface area contributed by atoms with Crippen molar-refractivity contribution < 1.29 is 9.52 Å². The molecule has 0 amide bonds. The first-order valence-electron chi connectivity index (χ1n) is 9.38. The fourth-order valence-electron chi connectivity index (χ4n) is 3.79. The van der Waals surface area contributed by atoms with E-state index in [1.165, 1.54) is 0 Å². The number of nitrogens with one attached hydrogen (secondary N) is 1. The lowest BCUT2D eigenvalue weighted by Gasteiger charge is -2.27. The van der Waals surface area contributed by atoms with Crippen LogP contribution in [0.4, 0.5) is 6.01 Å². The number of oxazole rings is 1. The number of imidazole rings is 1. The number of aromatic nitrogens is 4. The summed E-state index contributed by atoms with van der Waals surface area (Å²) in [7, 11) is 0. The Kier molecular flexibility index (Phi) is 4.01. The molecule has 3 heterocycles. The molecule has 1 fully saturated rings. The Hall–Kier alpha value is -2.93. The molecule has 27 heavy (non-hydrogen) atoms. The van der Waals surface area contributed by atoms with Gasteiger partial charge in [-0.2, -0.15) is 10.1 Å². The maximum atomic E-state index is 10.1. The zero-order valence-corrected chi connectivity index (χ0v) is 14.9. The number of benzene rings is 1. The molecule has 5 rings (SSSR count). The predicted octanol–water partition coefficient (Wildman–Crippen LogP) is 3.18. The monoisotopic (exact) mass is 363 g/mol. The summed E-state index contributed by atoms with van der Waals surface area (Å²) >= 11 is 0. The van der Waals surface area contributed by atoms with Gasteiger partial charge in [-0.05, 0) is 42.7 Å². The molecule has 4 aromatic rings. The molecule has 1 aliphatic rings. The second kappa shape index (κ2) is 6.66. The molecule has 0 aliphatic heterocycles. The van der Waals surface area contributed by atoms with Crippen molar-refractivity contribution in [3.63, 3.8) is 0 Å². The second-order valence-corrected chi connectivity index (χ2v) is 7.14. The van der Waals surface area contributed by atoms with Gasteiger partial charge in [0, 0.05) is 12.6 Å². The number of nitrogens with zero attached hydrogens (tertiary/aromatic N) is 4. The van der Waals surface area contributed by atoms with Gasteiger partial charge in [0.25, 0.3) is 6.01 Å². The summed E-state index contributed by atoms with van der Waals surface area (Å²) < 4.78 is 7.74. The molecule has 1 aromatic carbocycles. The van der Waals surface area contributed by atoms with Crippen LogP contribution < -0.4 is 5.32 Å². The molecular formula is C20H21N5O2. The van der Waals surface area contributed by atoms with Crippen LogP contribution in [0.1, 0.15) is 36.9 Å². The standard InChI is InChI=1S/C20H21N5O2/c26-17-5-2-1-4-15(17)23-20-24-16-8-7-13(11-18(16)27-20)10-14-12-21-19-6-3-9-22-25(14)19/h3,6-9,11-12,15,17,26H,1-2,4-5,10H2,(H,23,24)/t15?,17-/m1/s1. The minimum atomic E-state index is -0.341. The first-order valence-corrected chi connectivity index (χ1v) is 9.38. The zero-order chi connectivity index (χ0) is 18.2. The molecule has 3 aromatic heterocycles. The molecule has 2 atom stereocenters. The Morgan fingerprint density at radius 2 is 2.15 bits per heavy atom. The smallest absolute Gasteiger partial charge is 0.295 e. The van der Waals surface area contributed by atoms with Crippen molar-refractivity contribution in [2.24, 2.45) is 0 Å². The Morgan fingerprint density at radius 3 is 3.07 bits per heavy atom. The molecule has 7 nitrogen and oxygen atoms in total. The number of hydrogen-bond acceptors (Lipinski definition) is 6. The largest absolute Gasteiger partial charge is 0.424 e. The molecule has 138 valence electrons. The van der Waals surface area contributed by atoms with E-state index in [0.29, 0.717) is 12.4 Å². The van der Waals surface area contributed by atoms with Gasteiger partial charge < -0.3 is 14.8 Å². The maximum Gasteiger partial charge on any atom is 0.295 e. The van der Waals surface area contributed by atoms with Crippen LogP contribution in [0.2, 0.25) is 0 Å². The van der Waals surface area contributed by atoms with Gasteiger partial charge in [0.15, 0.2) is 11.2 Å². The van der Waals surface area contributed by atoms with Gasteiger partial charge in [0.1, 0.15) is 5.52 Å². The van der Waals surface area contributed by atoms with Crippen molar-refractivity contribution >= 4 is 22.8 Å². The fraction of sp³-hybridized carbons (Fsp3) is 0.350. The van der Waals surface area contributed by atoms with Crippen LogP contribution in [-0.4, -0.2) is 36.8 Å². The number of anilines is 1. The van der Waals surface area contributed by atoms with Crippen LogP contribution in [0.25, 0.3) is 16.7 Å². The summed E-state index contributed by atoms with van der Waals surface area (Å²) in [6.07, 6.45) is 7.94. The van der Waals surface area contributed by atoms with E-state index < -0.39 is 0 Å². The molecule has 7 heteroatoms. The highest BCUT2D eigenvalue weighted by Gasteiger charge is 2.24. The van der Waals surface area contributed by atoms with Crippen molar-refractivity contribution in [2.75, 3.05) is 5.32 Å². The van der Waals surface area contributed by atoms with Crippen molar-refractivity contribution in [3.8, 4) is 0 Å². The first-order chi connectivity index (χ1) is 13.3. The van der Waals surface area contributed by atoms with Crippen LogP contribution >= 0.6 is 0 Å². The topological polar surface area (TPSA) is 88.5 Å². The molecule has 0 saturated heterocycles. The summed E-state index contributed by atoms with van der Waals surface area (Å²) in [5.74, 6) is 0. The average molecular weight is 363 g/mol. The number of aliphatic hydroxyl groups is 1. The van der Waals surface area contributed by atoms with E-state index in [-0.39, 0.29) is 12.1 Å². The molecule has 2 N–H and O–H groups in total. The quantitative estimate of drug-likeness (QED) is 0.579. The number of aliphatic hydroxyl groups excluding tert-OH is 1. The number of hydrogen-bond donors (Lipinski definition) is 2. The fourth-order valence-corrected chi connectivity index (χ4v) is 3.79. The number of rotatable bonds is 4. The molecule has 1 unspecified atom stereocenters. The molecule has 1 aliphatic carbocycles. The zero-order valence-electron chi connectivity index (χ0n) is 14.9. The molecule has 0 bridgehead atoms. The number of fused-ring (bicyclic) bond motifs is 2. The summed E-state index contributed by atoms with van der Waals surface area (Å²) in [6, 6.07) is 10.3. The highest BCUT2D eigenvalue weighted by atomic mass is 16.4. The highest BCUT2D eigenvalue weighted by Crippen LogP contribution is 2.25. The molecule has 0 spiro atoms. The molecular weight excluding hydrogens is 342 g/mol. The van der Waals surface area contributed by atoms with E-state index in [2.05, 4.69) is 20.4 Å². The lowest BCUT2D eigenvalue weighted by Crippen LogP contribution is -2.36. The summed E-state index contributed by atoms with van der Waals surface area (Å²) in [4.78, 5) is 8.89. The summed E-state index contributed by atoms with van der Waals surface area (Å²) in [5.41, 5.74) is 4.51. The lowest BCUT2D eigenvalue weighted by molar-refractivity contribution is 0.115. The third kappa shape index (κ3) is 3.14. The first kappa shape index (κ1) is 16.3. The van der Waals surface area contributed by atoms with Crippen molar-refractivity contribution in [1.82, 2.24) is 19.6 Å². The van der Waals surface area contributed by atoms with Gasteiger partial charge >= 0.3 is 0 Å². The Balaban J connectivity index is 1.39. The third-order valence-electron chi connectivity index (χ3n) is 5.22. The van der Waals surface area contributed by atoms with Crippen molar-refractivity contribution in [1.29, 1.82) is 0 Å².